The molecular weight excluding hydrogens is 402 g/mol. The number of carbonyl (C=O) groups is 1. The number of nitrogens with zero attached hydrogens (tertiary/aromatic N) is 1. The highest BCUT2D eigenvalue weighted by Gasteiger charge is 2.39. The van der Waals surface area contributed by atoms with Crippen molar-refractivity contribution in [1.29, 1.82) is 0 Å². The number of amides is 1. The van der Waals surface area contributed by atoms with Gasteiger partial charge in [-0.1, -0.05) is 23.2 Å². The molecule has 1 atom stereocenters. The number of hydrogen-bond acceptors (Lipinski definition) is 3. The number of halogens is 3. The van der Waals surface area contributed by atoms with Crippen LogP contribution in [0.25, 0.3) is 0 Å². The van der Waals surface area contributed by atoms with Gasteiger partial charge in [0.1, 0.15) is 11.9 Å². The molecule has 1 aliphatic heterocycles. The first-order valence-electron chi connectivity index (χ1n) is 7.82. The van der Waals surface area contributed by atoms with Crippen molar-refractivity contribution in [2.45, 2.75) is 23.8 Å². The van der Waals surface area contributed by atoms with E-state index in [1.807, 2.05) is 0 Å². The molecule has 1 fully saturated rings. The maximum absolute atomic E-state index is 13.1. The fourth-order valence-corrected chi connectivity index (χ4v) is 4.83. The lowest BCUT2D eigenvalue weighted by molar-refractivity contribution is -0.119. The van der Waals surface area contributed by atoms with Crippen molar-refractivity contribution in [3.8, 4) is 0 Å². The molecule has 0 spiro atoms. The van der Waals surface area contributed by atoms with Gasteiger partial charge in [0.15, 0.2) is 0 Å². The number of rotatable bonds is 4. The van der Waals surface area contributed by atoms with Crippen molar-refractivity contribution in [2.75, 3.05) is 11.9 Å². The van der Waals surface area contributed by atoms with Crippen LogP contribution in [0, 0.1) is 5.82 Å². The maximum Gasteiger partial charge on any atom is 0.243 e. The van der Waals surface area contributed by atoms with Crippen molar-refractivity contribution in [3.05, 3.63) is 58.3 Å². The molecular formula is C17H15Cl2FN2O3S. The van der Waals surface area contributed by atoms with Gasteiger partial charge in [-0.05, 0) is 55.3 Å². The van der Waals surface area contributed by atoms with Crippen molar-refractivity contribution < 1.29 is 17.6 Å². The Morgan fingerprint density at radius 1 is 1.15 bits per heavy atom. The summed E-state index contributed by atoms with van der Waals surface area (Å²) in [5.74, 6) is -1.02. The van der Waals surface area contributed by atoms with Crippen molar-refractivity contribution in [3.63, 3.8) is 0 Å². The number of sulfonamides is 1. The average molecular weight is 417 g/mol. The number of benzene rings is 2. The van der Waals surface area contributed by atoms with Crippen molar-refractivity contribution >= 4 is 44.8 Å². The quantitative estimate of drug-likeness (QED) is 0.820. The highest BCUT2D eigenvalue weighted by Crippen LogP contribution is 2.29. The topological polar surface area (TPSA) is 66.5 Å². The number of anilines is 1. The van der Waals surface area contributed by atoms with Gasteiger partial charge in [0.2, 0.25) is 15.9 Å². The van der Waals surface area contributed by atoms with E-state index in [0.717, 1.165) is 16.4 Å². The van der Waals surface area contributed by atoms with E-state index in [2.05, 4.69) is 5.32 Å². The summed E-state index contributed by atoms with van der Waals surface area (Å²) < 4.78 is 39.8. The van der Waals surface area contributed by atoms with Gasteiger partial charge in [-0.3, -0.25) is 4.79 Å². The van der Waals surface area contributed by atoms with E-state index in [4.69, 9.17) is 23.2 Å². The average Bonchev–Trinajstić information content (AvgIpc) is 3.09. The molecule has 9 heteroatoms. The molecule has 2 aromatic rings. The molecule has 138 valence electrons. The van der Waals surface area contributed by atoms with Crippen LogP contribution in [-0.4, -0.2) is 31.2 Å². The van der Waals surface area contributed by atoms with Crippen LogP contribution in [0.5, 0.6) is 0 Å². The minimum absolute atomic E-state index is 0.0561. The van der Waals surface area contributed by atoms with Crippen LogP contribution < -0.4 is 5.32 Å². The van der Waals surface area contributed by atoms with Gasteiger partial charge >= 0.3 is 0 Å². The molecule has 0 aliphatic carbocycles. The predicted octanol–water partition coefficient (Wildman–Crippen LogP) is 3.92. The van der Waals surface area contributed by atoms with Crippen LogP contribution in [0.1, 0.15) is 12.8 Å². The maximum atomic E-state index is 13.1. The summed E-state index contributed by atoms with van der Waals surface area (Å²) in [4.78, 5) is 12.6. The van der Waals surface area contributed by atoms with Crippen molar-refractivity contribution in [1.82, 2.24) is 4.31 Å². The van der Waals surface area contributed by atoms with Crippen LogP contribution in [0.15, 0.2) is 47.4 Å². The highest BCUT2D eigenvalue weighted by molar-refractivity contribution is 7.89. The molecule has 1 N–H and O–H groups in total. The minimum atomic E-state index is -3.91. The second-order valence-corrected chi connectivity index (χ2v) is 8.58. The lowest BCUT2D eigenvalue weighted by atomic mass is 10.2. The van der Waals surface area contributed by atoms with Gasteiger partial charge in [-0.15, -0.1) is 0 Å². The van der Waals surface area contributed by atoms with Crippen LogP contribution >= 0.6 is 23.2 Å². The smallest absolute Gasteiger partial charge is 0.243 e. The van der Waals surface area contributed by atoms with E-state index in [-0.39, 0.29) is 11.4 Å². The van der Waals surface area contributed by atoms with E-state index < -0.39 is 27.8 Å². The van der Waals surface area contributed by atoms with E-state index in [9.17, 15) is 17.6 Å². The molecule has 3 rings (SSSR count). The summed E-state index contributed by atoms with van der Waals surface area (Å²) in [5.41, 5.74) is 0.315. The normalized spacial score (nSPS) is 18.0. The van der Waals surface area contributed by atoms with Crippen LogP contribution in [0.2, 0.25) is 10.0 Å². The molecule has 0 aromatic heterocycles. The number of hydrogen-bond donors (Lipinski definition) is 1. The third-order valence-electron chi connectivity index (χ3n) is 4.11. The molecule has 1 unspecified atom stereocenters. The first-order valence-corrected chi connectivity index (χ1v) is 10.0. The Balaban J connectivity index is 1.84. The zero-order valence-electron chi connectivity index (χ0n) is 13.5. The zero-order chi connectivity index (χ0) is 18.9. The summed E-state index contributed by atoms with van der Waals surface area (Å²) in [6.07, 6.45) is 0.923. The van der Waals surface area contributed by atoms with E-state index in [1.54, 1.807) is 12.1 Å². The largest absolute Gasteiger partial charge is 0.323 e. The summed E-state index contributed by atoms with van der Waals surface area (Å²) in [6.45, 7) is 0.209. The number of nitrogens with one attached hydrogen (secondary N) is 1. The molecule has 0 bridgehead atoms. The Morgan fingerprint density at radius 3 is 2.54 bits per heavy atom. The van der Waals surface area contributed by atoms with Crippen LogP contribution in [0.4, 0.5) is 10.1 Å². The van der Waals surface area contributed by atoms with Crippen LogP contribution in [0.3, 0.4) is 0 Å². The number of carbonyl (C=O) groups excluding carboxylic acids is 1. The molecule has 1 amide bonds. The predicted molar refractivity (Wildman–Crippen MR) is 98.4 cm³/mol. The van der Waals surface area contributed by atoms with Gasteiger partial charge in [0.25, 0.3) is 0 Å². The summed E-state index contributed by atoms with van der Waals surface area (Å²) in [5, 5.41) is 3.33. The Hall–Kier alpha value is -1.67. The summed E-state index contributed by atoms with van der Waals surface area (Å²) in [7, 11) is -3.91. The van der Waals surface area contributed by atoms with E-state index in [0.29, 0.717) is 28.6 Å². The summed E-state index contributed by atoms with van der Waals surface area (Å²) in [6, 6.07) is 8.27. The van der Waals surface area contributed by atoms with Gasteiger partial charge in [-0.25, -0.2) is 12.8 Å². The Kier molecular flexibility index (Phi) is 5.53. The first kappa shape index (κ1) is 19.1. The Bertz CT molecular complexity index is 936. The van der Waals surface area contributed by atoms with E-state index in [1.165, 1.54) is 18.2 Å². The first-order chi connectivity index (χ1) is 12.3. The minimum Gasteiger partial charge on any atom is -0.323 e. The molecule has 5 nitrogen and oxygen atoms in total. The third-order valence-corrected chi connectivity index (χ3v) is 6.60. The van der Waals surface area contributed by atoms with Gasteiger partial charge in [0, 0.05) is 11.6 Å². The van der Waals surface area contributed by atoms with Crippen LogP contribution in [-0.2, 0) is 14.8 Å². The lowest BCUT2D eigenvalue weighted by Crippen LogP contribution is -2.43. The Labute approximate surface area is 160 Å². The Morgan fingerprint density at radius 2 is 1.85 bits per heavy atom. The second kappa shape index (κ2) is 7.52. The SMILES string of the molecule is O=C(Nc1cc(Cl)ccc1Cl)C1CCCN1S(=O)(=O)c1ccc(F)cc1. The molecule has 0 radical (unpaired) electrons. The molecule has 1 saturated heterocycles. The third kappa shape index (κ3) is 3.86. The molecule has 1 aliphatic rings. The highest BCUT2D eigenvalue weighted by atomic mass is 35.5. The zero-order valence-corrected chi connectivity index (χ0v) is 15.8. The molecule has 1 heterocycles. The fourth-order valence-electron chi connectivity index (χ4n) is 2.84. The molecule has 2 aromatic carbocycles. The monoisotopic (exact) mass is 416 g/mol. The molecule has 0 saturated carbocycles. The fraction of sp³-hybridized carbons (Fsp3) is 0.235. The van der Waals surface area contributed by atoms with E-state index >= 15 is 0 Å². The lowest BCUT2D eigenvalue weighted by Gasteiger charge is -2.23. The van der Waals surface area contributed by atoms with Gasteiger partial charge in [0.05, 0.1) is 15.6 Å². The van der Waals surface area contributed by atoms with Gasteiger partial charge in [-0.2, -0.15) is 4.31 Å². The van der Waals surface area contributed by atoms with Crippen molar-refractivity contribution in [2.24, 2.45) is 0 Å². The standard InChI is InChI=1S/C17H15Cl2FN2O3S/c18-11-3-8-14(19)15(10-11)21-17(23)16-2-1-9-22(16)26(24,25)13-6-4-12(20)5-7-13/h3-8,10,16H,1-2,9H2,(H,21,23). The second-order valence-electron chi connectivity index (χ2n) is 5.84. The summed E-state index contributed by atoms with van der Waals surface area (Å²) >= 11 is 12.0. The molecule has 26 heavy (non-hydrogen) atoms. The van der Waals surface area contributed by atoms with Gasteiger partial charge < -0.3 is 5.32 Å².